The number of benzene rings is 1. The van der Waals surface area contributed by atoms with E-state index < -0.39 is 5.60 Å². The molecule has 8 nitrogen and oxygen atoms in total. The quantitative estimate of drug-likeness (QED) is 0.636. The van der Waals surface area contributed by atoms with E-state index in [1.807, 2.05) is 33.0 Å². The van der Waals surface area contributed by atoms with Crippen LogP contribution in [0.3, 0.4) is 0 Å². The summed E-state index contributed by atoms with van der Waals surface area (Å²) in [6.45, 7) is 7.94. The van der Waals surface area contributed by atoms with Gasteiger partial charge >= 0.3 is 6.09 Å². The minimum Gasteiger partial charge on any atom is -0.496 e. The van der Waals surface area contributed by atoms with E-state index in [0.29, 0.717) is 48.7 Å². The van der Waals surface area contributed by atoms with Gasteiger partial charge in [0.15, 0.2) is 5.65 Å². The number of nitrogens with zero attached hydrogens (tertiary/aromatic N) is 5. The second-order valence-corrected chi connectivity index (χ2v) is 8.41. The van der Waals surface area contributed by atoms with E-state index in [1.54, 1.807) is 28.8 Å². The van der Waals surface area contributed by atoms with E-state index in [2.05, 4.69) is 10.00 Å². The van der Waals surface area contributed by atoms with Crippen LogP contribution in [0.2, 0.25) is 0 Å². The summed E-state index contributed by atoms with van der Waals surface area (Å²) in [5, 5.41) is 4.34. The first-order valence-electron chi connectivity index (χ1n) is 10.2. The van der Waals surface area contributed by atoms with Crippen LogP contribution in [-0.2, 0) is 4.74 Å². The zero-order valence-electron chi connectivity index (χ0n) is 18.1. The summed E-state index contributed by atoms with van der Waals surface area (Å²) < 4.78 is 26.4. The third-order valence-corrected chi connectivity index (χ3v) is 5.06. The van der Waals surface area contributed by atoms with Gasteiger partial charge in [-0.3, -0.25) is 0 Å². The molecule has 1 aliphatic heterocycles. The Hall–Kier alpha value is -3.36. The zero-order chi connectivity index (χ0) is 22.2. The van der Waals surface area contributed by atoms with E-state index in [-0.39, 0.29) is 11.9 Å². The van der Waals surface area contributed by atoms with Crippen LogP contribution in [0.25, 0.3) is 16.8 Å². The monoisotopic (exact) mass is 427 g/mol. The fraction of sp³-hybridized carbons (Fsp3) is 0.409. The molecule has 1 saturated heterocycles. The molecule has 0 spiro atoms. The molecule has 4 rings (SSSR count). The number of hydrogen-bond donors (Lipinski definition) is 0. The summed E-state index contributed by atoms with van der Waals surface area (Å²) in [4.78, 5) is 20.9. The van der Waals surface area contributed by atoms with E-state index in [9.17, 15) is 9.18 Å². The van der Waals surface area contributed by atoms with Crippen molar-refractivity contribution in [3.8, 4) is 16.9 Å². The number of ether oxygens (including phenoxy) is 2. The Morgan fingerprint density at radius 1 is 1.10 bits per heavy atom. The second kappa shape index (κ2) is 8.05. The molecular formula is C22H26FN5O3. The molecule has 0 radical (unpaired) electrons. The maximum absolute atomic E-state index is 13.9. The van der Waals surface area contributed by atoms with E-state index in [1.165, 1.54) is 12.1 Å². The average Bonchev–Trinajstić information content (AvgIpc) is 3.15. The molecule has 0 bridgehead atoms. The second-order valence-electron chi connectivity index (χ2n) is 8.41. The number of hydrogen-bond acceptors (Lipinski definition) is 6. The highest BCUT2D eigenvalue weighted by Gasteiger charge is 2.26. The summed E-state index contributed by atoms with van der Waals surface area (Å²) in [6.07, 6.45) is 3.18. The van der Waals surface area contributed by atoms with Gasteiger partial charge < -0.3 is 19.3 Å². The Labute approximate surface area is 180 Å². The van der Waals surface area contributed by atoms with Gasteiger partial charge in [-0.1, -0.05) is 0 Å². The smallest absolute Gasteiger partial charge is 0.410 e. The Morgan fingerprint density at radius 3 is 2.52 bits per heavy atom. The van der Waals surface area contributed by atoms with Crippen molar-refractivity contribution < 1.29 is 18.7 Å². The molecule has 1 aliphatic rings. The van der Waals surface area contributed by atoms with E-state index >= 15 is 0 Å². The van der Waals surface area contributed by atoms with Crippen LogP contribution >= 0.6 is 0 Å². The molecule has 1 fully saturated rings. The van der Waals surface area contributed by atoms with Crippen LogP contribution in [0.5, 0.6) is 5.75 Å². The Morgan fingerprint density at radius 2 is 1.84 bits per heavy atom. The van der Waals surface area contributed by atoms with Crippen molar-refractivity contribution in [1.29, 1.82) is 0 Å². The van der Waals surface area contributed by atoms with Crippen LogP contribution in [0, 0.1) is 5.82 Å². The first kappa shape index (κ1) is 20.9. The lowest BCUT2D eigenvalue weighted by atomic mass is 10.1. The van der Waals surface area contributed by atoms with Crippen molar-refractivity contribution >= 4 is 17.6 Å². The van der Waals surface area contributed by atoms with Gasteiger partial charge in [-0.2, -0.15) is 5.10 Å². The third kappa shape index (κ3) is 4.40. The molecule has 3 aromatic rings. The number of rotatable bonds is 3. The molecule has 0 aliphatic carbocycles. The van der Waals surface area contributed by atoms with Gasteiger partial charge in [-0.25, -0.2) is 18.7 Å². The van der Waals surface area contributed by atoms with Crippen LogP contribution in [0.15, 0.2) is 36.7 Å². The summed E-state index contributed by atoms with van der Waals surface area (Å²) >= 11 is 0. The van der Waals surface area contributed by atoms with E-state index in [4.69, 9.17) is 14.5 Å². The zero-order valence-corrected chi connectivity index (χ0v) is 18.1. The first-order valence-corrected chi connectivity index (χ1v) is 10.2. The normalized spacial score (nSPS) is 14.7. The lowest BCUT2D eigenvalue weighted by Crippen LogP contribution is -2.50. The van der Waals surface area contributed by atoms with Crippen molar-refractivity contribution in [1.82, 2.24) is 19.5 Å². The third-order valence-electron chi connectivity index (χ3n) is 5.06. The van der Waals surface area contributed by atoms with Crippen LogP contribution < -0.4 is 9.64 Å². The molecule has 31 heavy (non-hydrogen) atoms. The molecule has 0 saturated carbocycles. The number of carbonyl (C=O) groups excluding carboxylic acids is 1. The molecule has 0 unspecified atom stereocenters. The maximum atomic E-state index is 13.9. The molecule has 2 aromatic heterocycles. The number of amides is 1. The molecule has 1 aromatic carbocycles. The standard InChI is InChI=1S/C22H26FN5O3/c1-22(2,3)31-21(29)27-11-9-26(10-12-27)19-7-8-28-20(25-19)17(14-24-28)16-13-15(23)5-6-18(16)30-4/h5-8,13-14H,9-12H2,1-4H3. The molecule has 0 N–H and O–H groups in total. The highest BCUT2D eigenvalue weighted by atomic mass is 19.1. The number of carbonyl (C=O) groups is 1. The minimum absolute atomic E-state index is 0.299. The number of anilines is 1. The Kier molecular flexibility index (Phi) is 5.43. The minimum atomic E-state index is -0.517. The first-order chi connectivity index (χ1) is 14.7. The molecule has 164 valence electrons. The predicted octanol–water partition coefficient (Wildman–Crippen LogP) is 3.60. The number of methoxy groups -OCH3 is 1. The molecule has 1 amide bonds. The topological polar surface area (TPSA) is 72.2 Å². The number of piperazine rings is 1. The van der Waals surface area contributed by atoms with Crippen molar-refractivity contribution in [3.63, 3.8) is 0 Å². The van der Waals surface area contributed by atoms with Gasteiger partial charge in [0, 0.05) is 37.9 Å². The van der Waals surface area contributed by atoms with Crippen molar-refractivity contribution in [2.45, 2.75) is 26.4 Å². The summed E-state index contributed by atoms with van der Waals surface area (Å²) in [7, 11) is 1.55. The van der Waals surface area contributed by atoms with Crippen LogP contribution in [0.4, 0.5) is 15.0 Å². The van der Waals surface area contributed by atoms with E-state index in [0.717, 1.165) is 5.82 Å². The highest BCUT2D eigenvalue weighted by Crippen LogP contribution is 2.33. The molecular weight excluding hydrogens is 401 g/mol. The molecule has 0 atom stereocenters. The van der Waals surface area contributed by atoms with Crippen LogP contribution in [0.1, 0.15) is 20.8 Å². The SMILES string of the molecule is COc1ccc(F)cc1-c1cnn2ccc(N3CCN(C(=O)OC(C)(C)C)CC3)nc12. The van der Waals surface area contributed by atoms with Gasteiger partial charge in [0.05, 0.1) is 18.9 Å². The van der Waals surface area contributed by atoms with Crippen LogP contribution in [-0.4, -0.2) is 64.5 Å². The maximum Gasteiger partial charge on any atom is 0.410 e. The van der Waals surface area contributed by atoms with Crippen molar-refractivity contribution in [3.05, 3.63) is 42.5 Å². The Balaban J connectivity index is 1.57. The van der Waals surface area contributed by atoms with Gasteiger partial charge in [-0.05, 0) is 45.0 Å². The van der Waals surface area contributed by atoms with Gasteiger partial charge in [0.1, 0.15) is 23.0 Å². The molecule has 3 heterocycles. The lowest BCUT2D eigenvalue weighted by molar-refractivity contribution is 0.0240. The average molecular weight is 427 g/mol. The largest absolute Gasteiger partial charge is 0.496 e. The number of aromatic nitrogens is 3. The van der Waals surface area contributed by atoms with Crippen molar-refractivity contribution in [2.24, 2.45) is 0 Å². The highest BCUT2D eigenvalue weighted by molar-refractivity contribution is 5.81. The number of halogens is 1. The molecule has 9 heteroatoms. The Bertz CT molecular complexity index is 1100. The predicted molar refractivity (Wildman–Crippen MR) is 115 cm³/mol. The summed E-state index contributed by atoms with van der Waals surface area (Å²) in [5.74, 6) is 0.965. The van der Waals surface area contributed by atoms with Gasteiger partial charge in [0.25, 0.3) is 0 Å². The lowest BCUT2D eigenvalue weighted by Gasteiger charge is -2.36. The number of fused-ring (bicyclic) bond motifs is 1. The fourth-order valence-corrected chi connectivity index (χ4v) is 3.56. The summed E-state index contributed by atoms with van der Waals surface area (Å²) in [5.41, 5.74) is 1.37. The van der Waals surface area contributed by atoms with Gasteiger partial charge in [0.2, 0.25) is 0 Å². The fourth-order valence-electron chi connectivity index (χ4n) is 3.56. The van der Waals surface area contributed by atoms with Gasteiger partial charge in [-0.15, -0.1) is 0 Å². The summed E-state index contributed by atoms with van der Waals surface area (Å²) in [6, 6.07) is 6.25. The van der Waals surface area contributed by atoms with Crippen molar-refractivity contribution in [2.75, 3.05) is 38.2 Å².